The second kappa shape index (κ2) is 8.65. The summed E-state index contributed by atoms with van der Waals surface area (Å²) >= 11 is 0. The van der Waals surface area contributed by atoms with Crippen LogP contribution in [0.2, 0.25) is 0 Å². The maximum Gasteiger partial charge on any atom is 0.1000 e. The van der Waals surface area contributed by atoms with E-state index in [0.717, 1.165) is 24.5 Å². The minimum absolute atomic E-state index is 0. The molecule has 1 unspecified atom stereocenters. The smallest absolute Gasteiger partial charge is 0.1000 e. The molecule has 0 aliphatic carbocycles. The van der Waals surface area contributed by atoms with Gasteiger partial charge < -0.3 is 5.73 Å². The Hall–Kier alpha value is -2.21. The van der Waals surface area contributed by atoms with Crippen LogP contribution in [0.4, 0.5) is 0 Å². The van der Waals surface area contributed by atoms with Crippen LogP contribution in [0.1, 0.15) is 30.1 Å². The average Bonchev–Trinajstić information content (AvgIpc) is 3.36. The molecule has 2 N–H and O–H groups in total. The fourth-order valence-corrected chi connectivity index (χ4v) is 3.90. The number of hydrogen-bond acceptors (Lipinski definition) is 4. The summed E-state index contributed by atoms with van der Waals surface area (Å²) in [4.78, 5) is 2.48. The first-order valence-corrected chi connectivity index (χ1v) is 9.23. The van der Waals surface area contributed by atoms with Crippen LogP contribution in [0.15, 0.2) is 66.9 Å². The van der Waals surface area contributed by atoms with E-state index in [9.17, 15) is 0 Å². The van der Waals surface area contributed by atoms with Gasteiger partial charge in [-0.25, -0.2) is 4.68 Å². The molecule has 1 aromatic heterocycles. The van der Waals surface area contributed by atoms with E-state index in [1.807, 2.05) is 41.2 Å². The van der Waals surface area contributed by atoms with E-state index in [1.165, 1.54) is 5.56 Å². The molecule has 2 heterocycles. The molecule has 2 aromatic carbocycles. The maximum absolute atomic E-state index is 6.08. The number of halogens is 1. The van der Waals surface area contributed by atoms with Gasteiger partial charge in [-0.1, -0.05) is 53.7 Å². The number of para-hydroxylation sites is 1. The van der Waals surface area contributed by atoms with Crippen molar-refractivity contribution in [3.05, 3.63) is 78.1 Å². The lowest BCUT2D eigenvalue weighted by molar-refractivity contribution is 0.248. The molecule has 1 aliphatic rings. The predicted octanol–water partition coefficient (Wildman–Crippen LogP) is 3.42. The van der Waals surface area contributed by atoms with Crippen molar-refractivity contribution in [2.45, 2.75) is 18.9 Å². The van der Waals surface area contributed by atoms with Crippen LogP contribution >= 0.6 is 12.4 Å². The van der Waals surface area contributed by atoms with Gasteiger partial charge in [-0.15, -0.1) is 17.5 Å². The van der Waals surface area contributed by atoms with E-state index in [-0.39, 0.29) is 18.4 Å². The molecule has 0 saturated carbocycles. The van der Waals surface area contributed by atoms with Crippen molar-refractivity contribution in [2.75, 3.05) is 19.6 Å². The van der Waals surface area contributed by atoms with E-state index in [4.69, 9.17) is 5.73 Å². The minimum Gasteiger partial charge on any atom is -0.330 e. The quantitative estimate of drug-likeness (QED) is 0.733. The number of nitrogens with two attached hydrogens (primary N) is 1. The highest BCUT2D eigenvalue weighted by atomic mass is 35.5. The second-order valence-electron chi connectivity index (χ2n) is 7.07. The predicted molar refractivity (Wildman–Crippen MR) is 110 cm³/mol. The molecule has 0 bridgehead atoms. The number of aromatic nitrogens is 3. The van der Waals surface area contributed by atoms with E-state index < -0.39 is 0 Å². The van der Waals surface area contributed by atoms with Crippen molar-refractivity contribution in [2.24, 2.45) is 11.7 Å². The van der Waals surface area contributed by atoms with Gasteiger partial charge in [0.25, 0.3) is 0 Å². The molecule has 0 amide bonds. The molecular formula is C21H26ClN5. The summed E-state index contributed by atoms with van der Waals surface area (Å²) in [5, 5.41) is 8.74. The molecule has 27 heavy (non-hydrogen) atoms. The molecule has 4 rings (SSSR count). The monoisotopic (exact) mass is 383 g/mol. The van der Waals surface area contributed by atoms with Crippen molar-refractivity contribution in [3.8, 4) is 5.69 Å². The summed E-state index contributed by atoms with van der Waals surface area (Å²) in [6.07, 6.45) is 2.04. The standard InChI is InChI=1S/C21H25N5.ClH/c1-16(21-15-26(24-23-21)19-10-6-3-7-11-19)25-13-18(12-22)20(14-25)17-8-4-2-5-9-17;/h2-11,15-16,18,20H,12-14,22H2,1H3;1H/t16?,18-,20+;/m1./s1. The first-order chi connectivity index (χ1) is 12.8. The summed E-state index contributed by atoms with van der Waals surface area (Å²) in [5.74, 6) is 0.955. The topological polar surface area (TPSA) is 60.0 Å². The largest absolute Gasteiger partial charge is 0.330 e. The van der Waals surface area contributed by atoms with Gasteiger partial charge in [-0.05, 0) is 37.1 Å². The molecule has 6 heteroatoms. The van der Waals surface area contributed by atoms with Gasteiger partial charge in [-0.2, -0.15) is 0 Å². The lowest BCUT2D eigenvalue weighted by atomic mass is 9.89. The van der Waals surface area contributed by atoms with Crippen LogP contribution in [-0.4, -0.2) is 39.5 Å². The zero-order valence-corrected chi connectivity index (χ0v) is 16.3. The Morgan fingerprint density at radius 1 is 1.04 bits per heavy atom. The summed E-state index contributed by atoms with van der Waals surface area (Å²) in [7, 11) is 0. The van der Waals surface area contributed by atoms with Gasteiger partial charge in [0, 0.05) is 19.0 Å². The van der Waals surface area contributed by atoms with Crippen LogP contribution in [0, 0.1) is 5.92 Å². The summed E-state index contributed by atoms with van der Waals surface area (Å²) in [6, 6.07) is 21.0. The number of benzene rings is 2. The average molecular weight is 384 g/mol. The maximum atomic E-state index is 6.08. The number of rotatable bonds is 5. The number of hydrogen-bond donors (Lipinski definition) is 1. The van der Waals surface area contributed by atoms with Gasteiger partial charge in [-0.3, -0.25) is 4.90 Å². The van der Waals surface area contributed by atoms with Crippen LogP contribution in [-0.2, 0) is 0 Å². The molecule has 5 nitrogen and oxygen atoms in total. The Morgan fingerprint density at radius 3 is 2.37 bits per heavy atom. The normalized spacial score (nSPS) is 21.0. The number of likely N-dealkylation sites (tertiary alicyclic amines) is 1. The van der Waals surface area contributed by atoms with Crippen molar-refractivity contribution < 1.29 is 0 Å². The Labute approximate surface area is 166 Å². The Morgan fingerprint density at radius 2 is 1.70 bits per heavy atom. The van der Waals surface area contributed by atoms with Gasteiger partial charge >= 0.3 is 0 Å². The van der Waals surface area contributed by atoms with Crippen LogP contribution in [0.3, 0.4) is 0 Å². The summed E-state index contributed by atoms with van der Waals surface area (Å²) < 4.78 is 1.84. The van der Waals surface area contributed by atoms with Crippen molar-refractivity contribution in [1.82, 2.24) is 19.9 Å². The van der Waals surface area contributed by atoms with Crippen molar-refractivity contribution in [1.29, 1.82) is 0 Å². The van der Waals surface area contributed by atoms with E-state index in [0.29, 0.717) is 18.4 Å². The second-order valence-corrected chi connectivity index (χ2v) is 7.07. The highest BCUT2D eigenvalue weighted by Crippen LogP contribution is 2.36. The molecule has 3 aromatic rings. The first kappa shape index (κ1) is 19.5. The molecular weight excluding hydrogens is 358 g/mol. The van der Waals surface area contributed by atoms with Crippen molar-refractivity contribution in [3.63, 3.8) is 0 Å². The van der Waals surface area contributed by atoms with E-state index in [2.05, 4.69) is 52.5 Å². The Bertz CT molecular complexity index is 836. The Kier molecular flexibility index (Phi) is 6.26. The van der Waals surface area contributed by atoms with E-state index in [1.54, 1.807) is 0 Å². The first-order valence-electron chi connectivity index (χ1n) is 9.23. The molecule has 0 spiro atoms. The third-order valence-electron chi connectivity index (χ3n) is 5.51. The molecule has 1 saturated heterocycles. The van der Waals surface area contributed by atoms with Crippen LogP contribution < -0.4 is 5.73 Å². The zero-order chi connectivity index (χ0) is 17.9. The van der Waals surface area contributed by atoms with Gasteiger partial charge in [0.1, 0.15) is 0 Å². The van der Waals surface area contributed by atoms with E-state index >= 15 is 0 Å². The lowest BCUT2D eigenvalue weighted by Gasteiger charge is -2.22. The molecule has 142 valence electrons. The molecule has 3 atom stereocenters. The fourth-order valence-electron chi connectivity index (χ4n) is 3.90. The minimum atomic E-state index is 0. The molecule has 0 radical (unpaired) electrons. The third-order valence-corrected chi connectivity index (χ3v) is 5.51. The van der Waals surface area contributed by atoms with Crippen LogP contribution in [0.5, 0.6) is 0 Å². The zero-order valence-electron chi connectivity index (χ0n) is 15.5. The Balaban J connectivity index is 0.00000210. The molecule has 1 aliphatic heterocycles. The highest BCUT2D eigenvalue weighted by molar-refractivity contribution is 5.85. The summed E-state index contributed by atoms with van der Waals surface area (Å²) in [5.41, 5.74) is 9.49. The fraction of sp³-hybridized carbons (Fsp3) is 0.333. The summed E-state index contributed by atoms with van der Waals surface area (Å²) in [6.45, 7) is 4.92. The van der Waals surface area contributed by atoms with Gasteiger partial charge in [0.2, 0.25) is 0 Å². The van der Waals surface area contributed by atoms with Gasteiger partial charge in [0.05, 0.1) is 23.6 Å². The lowest BCUT2D eigenvalue weighted by Crippen LogP contribution is -2.26. The number of nitrogens with zero attached hydrogens (tertiary/aromatic N) is 4. The van der Waals surface area contributed by atoms with Crippen LogP contribution in [0.25, 0.3) is 5.69 Å². The van der Waals surface area contributed by atoms with Crippen molar-refractivity contribution >= 4 is 12.4 Å². The third kappa shape index (κ3) is 4.05. The molecule has 1 fully saturated rings. The highest BCUT2D eigenvalue weighted by Gasteiger charge is 2.36. The van der Waals surface area contributed by atoms with Gasteiger partial charge in [0.15, 0.2) is 0 Å². The SMILES string of the molecule is CC(c1cn(-c2ccccc2)nn1)N1C[C@@H](CN)[C@H](c2ccccc2)C1.Cl.